The molecule has 1 heterocycles. The summed E-state index contributed by atoms with van der Waals surface area (Å²) in [5.41, 5.74) is 1.32. The molecule has 3 aliphatic rings. The summed E-state index contributed by atoms with van der Waals surface area (Å²) in [5.74, 6) is 1.06. The van der Waals surface area contributed by atoms with Crippen molar-refractivity contribution in [1.82, 2.24) is 0 Å². The van der Waals surface area contributed by atoms with E-state index in [-0.39, 0.29) is 17.7 Å². The molecule has 3 heteroatoms. The molecule has 0 radical (unpaired) electrons. The molecule has 0 spiro atoms. The number of fused-ring (bicyclic) bond motifs is 2. The van der Waals surface area contributed by atoms with Crippen molar-refractivity contribution >= 4 is 5.97 Å². The lowest BCUT2D eigenvalue weighted by molar-refractivity contribution is -0.144. The standard InChI is InChI=1S/C13H18O3/c1-3-15-12(14)11-13(2,16-11)10-7-8-4-5-9(10)6-8/h4,9-11H,3,5-7H2,1-2H3. The van der Waals surface area contributed by atoms with Crippen LogP contribution in [0.25, 0.3) is 0 Å². The van der Waals surface area contributed by atoms with Crippen molar-refractivity contribution in [2.24, 2.45) is 11.8 Å². The lowest BCUT2D eigenvalue weighted by Gasteiger charge is -2.23. The van der Waals surface area contributed by atoms with E-state index in [9.17, 15) is 4.79 Å². The van der Waals surface area contributed by atoms with Crippen LogP contribution in [-0.4, -0.2) is 24.3 Å². The van der Waals surface area contributed by atoms with Gasteiger partial charge < -0.3 is 9.47 Å². The summed E-state index contributed by atoms with van der Waals surface area (Å²) in [6, 6.07) is 0. The van der Waals surface area contributed by atoms with Gasteiger partial charge in [-0.15, -0.1) is 0 Å². The summed E-state index contributed by atoms with van der Waals surface area (Å²) < 4.78 is 10.7. The molecule has 0 aromatic rings. The maximum absolute atomic E-state index is 11.6. The quantitative estimate of drug-likeness (QED) is 0.417. The molecule has 0 N–H and O–H groups in total. The monoisotopic (exact) mass is 222 g/mol. The molecule has 1 saturated heterocycles. The first-order valence-electron chi connectivity index (χ1n) is 6.17. The highest BCUT2D eigenvalue weighted by Crippen LogP contribution is 2.56. The van der Waals surface area contributed by atoms with Crippen LogP contribution in [0.3, 0.4) is 0 Å². The summed E-state index contributed by atoms with van der Waals surface area (Å²) in [7, 11) is 0. The van der Waals surface area contributed by atoms with Crippen molar-refractivity contribution in [2.45, 2.75) is 44.8 Å². The predicted molar refractivity (Wildman–Crippen MR) is 58.8 cm³/mol. The second-order valence-corrected chi connectivity index (χ2v) is 5.31. The Morgan fingerprint density at radius 3 is 3.00 bits per heavy atom. The topological polar surface area (TPSA) is 38.8 Å². The Balaban J connectivity index is 1.69. The Morgan fingerprint density at radius 1 is 1.62 bits per heavy atom. The molecule has 3 rings (SSSR count). The first kappa shape index (κ1) is 10.3. The third-order valence-electron chi connectivity index (χ3n) is 4.36. The Morgan fingerprint density at radius 2 is 2.44 bits per heavy atom. The Bertz CT molecular complexity index is 360. The Kier molecular flexibility index (Phi) is 2.15. The smallest absolute Gasteiger partial charge is 0.338 e. The maximum atomic E-state index is 11.6. The number of epoxide rings is 1. The van der Waals surface area contributed by atoms with Crippen molar-refractivity contribution in [2.75, 3.05) is 6.61 Å². The Labute approximate surface area is 95.8 Å². The molecule has 1 aliphatic heterocycles. The van der Waals surface area contributed by atoms with Crippen LogP contribution in [0.1, 0.15) is 33.1 Å². The Hall–Kier alpha value is -0.830. The first-order valence-corrected chi connectivity index (χ1v) is 6.17. The number of ether oxygens (including phenoxy) is 2. The van der Waals surface area contributed by atoms with Crippen LogP contribution >= 0.6 is 0 Å². The average Bonchev–Trinajstić information content (AvgIpc) is 2.67. The van der Waals surface area contributed by atoms with Gasteiger partial charge in [-0.3, -0.25) is 0 Å². The van der Waals surface area contributed by atoms with Crippen LogP contribution in [0, 0.1) is 11.8 Å². The molecule has 0 amide bonds. The lowest BCUT2D eigenvalue weighted by atomic mass is 9.80. The third kappa shape index (κ3) is 1.34. The van der Waals surface area contributed by atoms with Gasteiger partial charge >= 0.3 is 5.97 Å². The summed E-state index contributed by atoms with van der Waals surface area (Å²) in [6.45, 7) is 4.34. The zero-order valence-corrected chi connectivity index (χ0v) is 9.86. The van der Waals surface area contributed by atoms with Gasteiger partial charge in [-0.25, -0.2) is 4.79 Å². The van der Waals surface area contributed by atoms with Crippen molar-refractivity contribution in [3.63, 3.8) is 0 Å². The van der Waals surface area contributed by atoms with Gasteiger partial charge in [0.15, 0.2) is 6.10 Å². The third-order valence-corrected chi connectivity index (χ3v) is 4.36. The SMILES string of the molecule is CCOC(=O)C1OC1(C)C1CC2=CCC1C2. The van der Waals surface area contributed by atoms with Gasteiger partial charge in [-0.2, -0.15) is 0 Å². The average molecular weight is 222 g/mol. The zero-order chi connectivity index (χ0) is 11.3. The number of esters is 1. The molecule has 2 bridgehead atoms. The van der Waals surface area contributed by atoms with Crippen molar-refractivity contribution in [3.05, 3.63) is 11.6 Å². The van der Waals surface area contributed by atoms with Crippen LogP contribution in [0.4, 0.5) is 0 Å². The van der Waals surface area contributed by atoms with Crippen molar-refractivity contribution in [3.8, 4) is 0 Å². The molecule has 2 aliphatic carbocycles. The van der Waals surface area contributed by atoms with E-state index in [0.29, 0.717) is 18.4 Å². The van der Waals surface area contributed by atoms with E-state index in [1.54, 1.807) is 5.57 Å². The fourth-order valence-electron chi connectivity index (χ4n) is 3.42. The summed E-state index contributed by atoms with van der Waals surface area (Å²) in [4.78, 5) is 11.6. The van der Waals surface area contributed by atoms with E-state index in [0.717, 1.165) is 6.42 Å². The number of carbonyl (C=O) groups excluding carboxylic acids is 1. The fourth-order valence-corrected chi connectivity index (χ4v) is 3.42. The van der Waals surface area contributed by atoms with Gasteiger partial charge in [0, 0.05) is 0 Å². The first-order chi connectivity index (χ1) is 7.65. The molecule has 4 unspecified atom stereocenters. The lowest BCUT2D eigenvalue weighted by Crippen LogP contribution is -2.30. The fraction of sp³-hybridized carbons (Fsp3) is 0.769. The van der Waals surface area contributed by atoms with E-state index in [1.807, 2.05) is 6.92 Å². The highest BCUT2D eigenvalue weighted by atomic mass is 16.7. The van der Waals surface area contributed by atoms with Gasteiger partial charge in [0.1, 0.15) is 5.60 Å². The summed E-state index contributed by atoms with van der Waals surface area (Å²) in [6.07, 6.45) is 5.56. The van der Waals surface area contributed by atoms with E-state index in [2.05, 4.69) is 13.0 Å². The molecule has 0 aromatic heterocycles. The van der Waals surface area contributed by atoms with E-state index in [1.165, 1.54) is 12.8 Å². The molecular weight excluding hydrogens is 204 g/mol. The zero-order valence-electron chi connectivity index (χ0n) is 9.86. The minimum absolute atomic E-state index is 0.179. The second-order valence-electron chi connectivity index (χ2n) is 5.31. The largest absolute Gasteiger partial charge is 0.464 e. The van der Waals surface area contributed by atoms with E-state index in [4.69, 9.17) is 9.47 Å². The van der Waals surface area contributed by atoms with E-state index >= 15 is 0 Å². The molecular formula is C13H18O3. The minimum atomic E-state index is -0.308. The summed E-state index contributed by atoms with van der Waals surface area (Å²) >= 11 is 0. The van der Waals surface area contributed by atoms with Gasteiger partial charge in [0.25, 0.3) is 0 Å². The number of hydrogen-bond acceptors (Lipinski definition) is 3. The van der Waals surface area contributed by atoms with Crippen molar-refractivity contribution in [1.29, 1.82) is 0 Å². The molecule has 0 aromatic carbocycles. The van der Waals surface area contributed by atoms with Gasteiger partial charge in [0.05, 0.1) is 6.61 Å². The predicted octanol–water partition coefficient (Wildman–Crippen LogP) is 2.06. The summed E-state index contributed by atoms with van der Waals surface area (Å²) in [5, 5.41) is 0. The van der Waals surface area contributed by atoms with Crippen LogP contribution in [0.15, 0.2) is 11.6 Å². The number of rotatable bonds is 3. The van der Waals surface area contributed by atoms with Crippen LogP contribution in [-0.2, 0) is 14.3 Å². The second kappa shape index (κ2) is 3.33. The highest BCUT2D eigenvalue weighted by Gasteiger charge is 2.65. The molecule has 3 nitrogen and oxygen atoms in total. The molecule has 1 saturated carbocycles. The van der Waals surface area contributed by atoms with Crippen LogP contribution in [0.5, 0.6) is 0 Å². The maximum Gasteiger partial charge on any atom is 0.338 e. The van der Waals surface area contributed by atoms with Crippen LogP contribution in [0.2, 0.25) is 0 Å². The number of allylic oxidation sites excluding steroid dienone is 2. The minimum Gasteiger partial charge on any atom is -0.464 e. The molecule has 2 fully saturated rings. The molecule has 16 heavy (non-hydrogen) atoms. The molecule has 4 atom stereocenters. The number of hydrogen-bond donors (Lipinski definition) is 0. The van der Waals surface area contributed by atoms with E-state index < -0.39 is 0 Å². The van der Waals surface area contributed by atoms with Crippen molar-refractivity contribution < 1.29 is 14.3 Å². The van der Waals surface area contributed by atoms with Gasteiger partial charge in [-0.05, 0) is 44.9 Å². The normalized spacial score (nSPS) is 44.4. The highest BCUT2D eigenvalue weighted by molar-refractivity contribution is 5.79. The number of carbonyl (C=O) groups is 1. The van der Waals surface area contributed by atoms with Gasteiger partial charge in [-0.1, -0.05) is 11.6 Å². The van der Waals surface area contributed by atoms with Crippen LogP contribution < -0.4 is 0 Å². The molecule has 88 valence electrons. The van der Waals surface area contributed by atoms with Gasteiger partial charge in [0.2, 0.25) is 0 Å².